The minimum absolute atomic E-state index is 0.0233. The van der Waals surface area contributed by atoms with Gasteiger partial charge in [0.15, 0.2) is 5.13 Å². The number of nitrogens with zero attached hydrogens (tertiary/aromatic N) is 2. The molecule has 0 radical (unpaired) electrons. The standard InChI is InChI=1S/C20H12Cl2N2O3S/c21-13-6-4-11(5-7-13)17(25)15-16(12-2-1-3-14(22)10-12)24(19(27)18(15)26)20-23-8-9-28-20/h1-10,16,25H/b17-15+/t16-/m0/s1. The van der Waals surface area contributed by atoms with E-state index < -0.39 is 17.7 Å². The van der Waals surface area contributed by atoms with Crippen molar-refractivity contribution in [1.82, 2.24) is 4.98 Å². The van der Waals surface area contributed by atoms with Crippen LogP contribution in [0.1, 0.15) is 17.2 Å². The maximum atomic E-state index is 12.9. The van der Waals surface area contributed by atoms with Crippen LogP contribution >= 0.6 is 34.5 Å². The summed E-state index contributed by atoms with van der Waals surface area (Å²) in [5.41, 5.74) is 0.954. The molecule has 5 nitrogen and oxygen atoms in total. The highest BCUT2D eigenvalue weighted by Crippen LogP contribution is 2.43. The van der Waals surface area contributed by atoms with Gasteiger partial charge in [-0.3, -0.25) is 14.5 Å². The third-order valence-corrected chi connectivity index (χ3v) is 5.61. The number of halogens is 2. The SMILES string of the molecule is O=C1C(=O)N(c2nccs2)[C@@H](c2cccc(Cl)c2)/C1=C(\O)c1ccc(Cl)cc1. The number of hydrogen-bond acceptors (Lipinski definition) is 5. The van der Waals surface area contributed by atoms with E-state index in [-0.39, 0.29) is 11.3 Å². The molecule has 0 bridgehead atoms. The fraction of sp³-hybridized carbons (Fsp3) is 0.0500. The summed E-state index contributed by atoms with van der Waals surface area (Å²) >= 11 is 13.3. The lowest BCUT2D eigenvalue weighted by Gasteiger charge is -2.23. The first-order valence-electron chi connectivity index (χ1n) is 8.19. The molecule has 2 heterocycles. The summed E-state index contributed by atoms with van der Waals surface area (Å²) in [4.78, 5) is 31.2. The molecule has 28 heavy (non-hydrogen) atoms. The van der Waals surface area contributed by atoms with Crippen molar-refractivity contribution in [3.63, 3.8) is 0 Å². The second kappa shape index (κ2) is 7.39. The minimum Gasteiger partial charge on any atom is -0.507 e. The summed E-state index contributed by atoms with van der Waals surface area (Å²) in [6, 6.07) is 12.4. The minimum atomic E-state index is -0.847. The Hall–Kier alpha value is -2.67. The van der Waals surface area contributed by atoms with Crippen LogP contribution in [0.15, 0.2) is 65.7 Å². The van der Waals surface area contributed by atoms with Crippen LogP contribution in [0.25, 0.3) is 5.76 Å². The second-order valence-electron chi connectivity index (χ2n) is 6.05. The topological polar surface area (TPSA) is 70.5 Å². The van der Waals surface area contributed by atoms with Crippen LogP contribution in [0.3, 0.4) is 0 Å². The Morgan fingerprint density at radius 1 is 1.07 bits per heavy atom. The molecule has 0 unspecified atom stereocenters. The van der Waals surface area contributed by atoms with Crippen molar-refractivity contribution >= 4 is 57.1 Å². The van der Waals surface area contributed by atoms with Gasteiger partial charge in [-0.25, -0.2) is 4.98 Å². The number of thiazole rings is 1. The van der Waals surface area contributed by atoms with Crippen molar-refractivity contribution in [2.24, 2.45) is 0 Å². The van der Waals surface area contributed by atoms with Crippen LogP contribution in [-0.2, 0) is 9.59 Å². The molecule has 0 spiro atoms. The molecule has 1 amide bonds. The molecule has 1 aliphatic rings. The van der Waals surface area contributed by atoms with Crippen molar-refractivity contribution in [2.45, 2.75) is 6.04 Å². The van der Waals surface area contributed by atoms with Crippen molar-refractivity contribution in [1.29, 1.82) is 0 Å². The second-order valence-corrected chi connectivity index (χ2v) is 7.79. The zero-order valence-electron chi connectivity index (χ0n) is 14.2. The number of rotatable bonds is 3. The normalized spacial score (nSPS) is 18.6. The Kier molecular flexibility index (Phi) is 4.93. The number of ketones is 1. The molecule has 1 fully saturated rings. The number of hydrogen-bond donors (Lipinski definition) is 1. The van der Waals surface area contributed by atoms with Gasteiger partial charge < -0.3 is 5.11 Å². The average Bonchev–Trinajstić information content (AvgIpc) is 3.29. The summed E-state index contributed by atoms with van der Waals surface area (Å²) in [7, 11) is 0. The third-order valence-electron chi connectivity index (χ3n) is 4.35. The Balaban J connectivity index is 1.95. The van der Waals surface area contributed by atoms with Crippen LogP contribution in [0.5, 0.6) is 0 Å². The number of aromatic nitrogens is 1. The highest BCUT2D eigenvalue weighted by molar-refractivity contribution is 7.14. The first-order valence-corrected chi connectivity index (χ1v) is 9.83. The van der Waals surface area contributed by atoms with Gasteiger partial charge in [-0.05, 0) is 42.0 Å². The maximum absolute atomic E-state index is 12.9. The van der Waals surface area contributed by atoms with Crippen molar-refractivity contribution < 1.29 is 14.7 Å². The number of carbonyl (C=O) groups is 2. The Morgan fingerprint density at radius 3 is 2.46 bits per heavy atom. The lowest BCUT2D eigenvalue weighted by molar-refractivity contribution is -0.132. The molecule has 1 aliphatic heterocycles. The molecule has 4 rings (SSSR count). The maximum Gasteiger partial charge on any atom is 0.301 e. The van der Waals surface area contributed by atoms with Gasteiger partial charge in [-0.2, -0.15) is 0 Å². The van der Waals surface area contributed by atoms with Crippen LogP contribution < -0.4 is 4.90 Å². The third kappa shape index (κ3) is 3.20. The van der Waals surface area contributed by atoms with E-state index in [1.54, 1.807) is 60.1 Å². The molecule has 2 aromatic carbocycles. The molecular formula is C20H12Cl2N2O3S. The molecule has 8 heteroatoms. The lowest BCUT2D eigenvalue weighted by Crippen LogP contribution is -2.29. The number of amides is 1. The van der Waals surface area contributed by atoms with E-state index in [9.17, 15) is 14.7 Å². The van der Waals surface area contributed by atoms with Gasteiger partial charge in [0.05, 0.1) is 11.6 Å². The summed E-state index contributed by atoms with van der Waals surface area (Å²) in [5.74, 6) is -1.82. The molecular weight excluding hydrogens is 419 g/mol. The first-order chi connectivity index (χ1) is 13.5. The fourth-order valence-electron chi connectivity index (χ4n) is 3.12. The van der Waals surface area contributed by atoms with Gasteiger partial charge in [-0.15, -0.1) is 11.3 Å². The van der Waals surface area contributed by atoms with Gasteiger partial charge in [-0.1, -0.05) is 35.3 Å². The number of Topliss-reactive ketones (excluding diaryl/α,β-unsaturated/α-hetero) is 1. The number of anilines is 1. The van der Waals surface area contributed by atoms with Gasteiger partial charge in [0, 0.05) is 27.2 Å². The molecule has 3 aromatic rings. The van der Waals surface area contributed by atoms with E-state index in [0.29, 0.717) is 26.3 Å². The Morgan fingerprint density at radius 2 is 1.82 bits per heavy atom. The first kappa shape index (κ1) is 18.7. The largest absolute Gasteiger partial charge is 0.507 e. The average molecular weight is 431 g/mol. The van der Waals surface area contributed by atoms with Crippen LogP contribution in [0.2, 0.25) is 10.0 Å². The summed E-state index contributed by atoms with van der Waals surface area (Å²) in [5, 5.41) is 13.9. The summed E-state index contributed by atoms with van der Waals surface area (Å²) < 4.78 is 0. The van der Waals surface area contributed by atoms with Crippen LogP contribution in [0, 0.1) is 0 Å². The van der Waals surface area contributed by atoms with Gasteiger partial charge >= 0.3 is 5.91 Å². The monoisotopic (exact) mass is 430 g/mol. The van der Waals surface area contributed by atoms with Gasteiger partial charge in [0.1, 0.15) is 5.76 Å². The van der Waals surface area contributed by atoms with E-state index in [1.165, 1.54) is 16.2 Å². The zero-order chi connectivity index (χ0) is 19.8. The highest BCUT2D eigenvalue weighted by Gasteiger charge is 2.48. The van der Waals surface area contributed by atoms with E-state index in [0.717, 1.165) is 0 Å². The lowest BCUT2D eigenvalue weighted by atomic mass is 9.95. The fourth-order valence-corrected chi connectivity index (χ4v) is 4.11. The molecule has 140 valence electrons. The Bertz CT molecular complexity index is 1090. The zero-order valence-corrected chi connectivity index (χ0v) is 16.5. The van der Waals surface area contributed by atoms with E-state index >= 15 is 0 Å². The van der Waals surface area contributed by atoms with Crippen molar-refractivity contribution in [3.8, 4) is 0 Å². The van der Waals surface area contributed by atoms with Crippen LogP contribution in [0.4, 0.5) is 5.13 Å². The molecule has 1 atom stereocenters. The predicted molar refractivity (Wildman–Crippen MR) is 110 cm³/mol. The molecule has 1 N–H and O–H groups in total. The molecule has 0 aliphatic carbocycles. The van der Waals surface area contributed by atoms with Gasteiger partial charge in [0.25, 0.3) is 5.78 Å². The highest BCUT2D eigenvalue weighted by atomic mass is 35.5. The number of aliphatic hydroxyl groups is 1. The van der Waals surface area contributed by atoms with E-state index in [4.69, 9.17) is 23.2 Å². The number of carbonyl (C=O) groups excluding carboxylic acids is 2. The van der Waals surface area contributed by atoms with E-state index in [2.05, 4.69) is 4.98 Å². The number of aliphatic hydroxyl groups excluding tert-OH is 1. The smallest absolute Gasteiger partial charge is 0.301 e. The summed E-state index contributed by atoms with van der Waals surface area (Å²) in [6.45, 7) is 0. The van der Waals surface area contributed by atoms with Gasteiger partial charge in [0.2, 0.25) is 0 Å². The van der Waals surface area contributed by atoms with E-state index in [1.807, 2.05) is 0 Å². The van der Waals surface area contributed by atoms with Crippen molar-refractivity contribution in [2.75, 3.05) is 4.90 Å². The summed E-state index contributed by atoms with van der Waals surface area (Å²) in [6.07, 6.45) is 1.55. The molecule has 1 saturated heterocycles. The van der Waals surface area contributed by atoms with Crippen molar-refractivity contribution in [3.05, 3.63) is 86.9 Å². The Labute approximate surface area is 174 Å². The predicted octanol–water partition coefficient (Wildman–Crippen LogP) is 5.08. The number of benzene rings is 2. The molecule has 1 aromatic heterocycles. The van der Waals surface area contributed by atoms with Crippen LogP contribution in [-0.4, -0.2) is 21.8 Å². The molecule has 0 saturated carbocycles. The quantitative estimate of drug-likeness (QED) is 0.357.